The number of rotatable bonds is 5. The second-order valence-corrected chi connectivity index (χ2v) is 7.19. The molecule has 24 heavy (non-hydrogen) atoms. The fourth-order valence-corrected chi connectivity index (χ4v) is 3.88. The smallest absolute Gasteiger partial charge is 0.238 e. The first-order valence-electron chi connectivity index (χ1n) is 9.11. The standard InChI is InChI=1S/C18H27N5O/c1-14(17(24)22-18(13-19)7-3-2-4-8-18)21-12-15-6-5-10-23-11-9-20-16(15)23/h9,11,14-15,21H,2-8,10,12H2,1H3,(H,22,24)/t14-,15-/m1/s1. The molecular weight excluding hydrogens is 302 g/mol. The van der Waals surface area contributed by atoms with Crippen molar-refractivity contribution in [2.75, 3.05) is 6.54 Å². The van der Waals surface area contributed by atoms with E-state index in [0.717, 1.165) is 63.9 Å². The molecule has 6 heteroatoms. The number of nitrogens with one attached hydrogen (secondary N) is 2. The third kappa shape index (κ3) is 3.62. The molecule has 0 aromatic carbocycles. The van der Waals surface area contributed by atoms with Crippen molar-refractivity contribution in [3.05, 3.63) is 18.2 Å². The lowest BCUT2D eigenvalue weighted by Gasteiger charge is -2.33. The van der Waals surface area contributed by atoms with E-state index < -0.39 is 5.54 Å². The molecule has 0 bridgehead atoms. The number of nitrogens with zero attached hydrogens (tertiary/aromatic N) is 3. The van der Waals surface area contributed by atoms with Crippen molar-refractivity contribution in [2.45, 2.75) is 75.9 Å². The van der Waals surface area contributed by atoms with Crippen LogP contribution >= 0.6 is 0 Å². The Morgan fingerprint density at radius 2 is 2.25 bits per heavy atom. The lowest BCUT2D eigenvalue weighted by Crippen LogP contribution is -2.54. The van der Waals surface area contributed by atoms with E-state index in [0.29, 0.717) is 5.92 Å². The van der Waals surface area contributed by atoms with Crippen LogP contribution in [0.1, 0.15) is 63.6 Å². The number of carbonyl (C=O) groups is 1. The van der Waals surface area contributed by atoms with Crippen molar-refractivity contribution in [1.29, 1.82) is 5.26 Å². The van der Waals surface area contributed by atoms with Crippen LogP contribution < -0.4 is 10.6 Å². The summed E-state index contributed by atoms with van der Waals surface area (Å²) in [7, 11) is 0. The first kappa shape index (κ1) is 17.0. The van der Waals surface area contributed by atoms with E-state index in [1.165, 1.54) is 0 Å². The fourth-order valence-electron chi connectivity index (χ4n) is 3.88. The SMILES string of the molecule is C[C@@H](NC[C@H]1CCCn2ccnc21)C(=O)NC1(C#N)CCCCC1. The molecule has 6 nitrogen and oxygen atoms in total. The lowest BCUT2D eigenvalue weighted by atomic mass is 9.82. The summed E-state index contributed by atoms with van der Waals surface area (Å²) in [6, 6.07) is 2.04. The molecule has 0 saturated heterocycles. The number of imidazole rings is 1. The number of amides is 1. The van der Waals surface area contributed by atoms with Gasteiger partial charge in [-0.05, 0) is 32.6 Å². The molecule has 0 radical (unpaired) electrons. The van der Waals surface area contributed by atoms with Crippen LogP contribution in [0.2, 0.25) is 0 Å². The van der Waals surface area contributed by atoms with Gasteiger partial charge in [-0.3, -0.25) is 4.79 Å². The second-order valence-electron chi connectivity index (χ2n) is 7.19. The van der Waals surface area contributed by atoms with Crippen molar-refractivity contribution < 1.29 is 4.79 Å². The number of hydrogen-bond acceptors (Lipinski definition) is 4. The third-order valence-electron chi connectivity index (χ3n) is 5.41. The molecule has 3 rings (SSSR count). The zero-order chi connectivity index (χ0) is 17.0. The molecule has 1 aliphatic carbocycles. The minimum absolute atomic E-state index is 0.0717. The average molecular weight is 329 g/mol. The van der Waals surface area contributed by atoms with Crippen LogP contribution in [0.3, 0.4) is 0 Å². The van der Waals surface area contributed by atoms with Crippen LogP contribution in [0, 0.1) is 11.3 Å². The third-order valence-corrected chi connectivity index (χ3v) is 5.41. The van der Waals surface area contributed by atoms with E-state index in [2.05, 4.69) is 26.3 Å². The molecule has 2 heterocycles. The minimum Gasteiger partial charge on any atom is -0.336 e. The van der Waals surface area contributed by atoms with Crippen LogP contribution in [0.4, 0.5) is 0 Å². The minimum atomic E-state index is -0.660. The maximum atomic E-state index is 12.5. The summed E-state index contributed by atoms with van der Waals surface area (Å²) in [5.74, 6) is 1.39. The predicted octanol–water partition coefficient (Wildman–Crippen LogP) is 2.08. The number of aryl methyl sites for hydroxylation is 1. The molecule has 0 unspecified atom stereocenters. The first-order valence-corrected chi connectivity index (χ1v) is 9.11. The molecule has 1 aromatic rings. The van der Waals surface area contributed by atoms with E-state index in [1.54, 1.807) is 0 Å². The molecule has 1 fully saturated rings. The van der Waals surface area contributed by atoms with E-state index in [1.807, 2.05) is 19.3 Å². The van der Waals surface area contributed by atoms with Crippen molar-refractivity contribution in [1.82, 2.24) is 20.2 Å². The van der Waals surface area contributed by atoms with Gasteiger partial charge in [-0.1, -0.05) is 19.3 Å². The predicted molar refractivity (Wildman–Crippen MR) is 91.2 cm³/mol. The molecule has 2 N–H and O–H groups in total. The molecule has 1 amide bonds. The zero-order valence-electron chi connectivity index (χ0n) is 14.4. The van der Waals surface area contributed by atoms with E-state index >= 15 is 0 Å². The zero-order valence-corrected chi connectivity index (χ0v) is 14.4. The summed E-state index contributed by atoms with van der Waals surface area (Å²) in [5, 5.41) is 15.8. The van der Waals surface area contributed by atoms with Gasteiger partial charge < -0.3 is 15.2 Å². The van der Waals surface area contributed by atoms with E-state index in [9.17, 15) is 10.1 Å². The molecular formula is C18H27N5O. The topological polar surface area (TPSA) is 82.7 Å². The van der Waals surface area contributed by atoms with Crippen LogP contribution in [-0.4, -0.2) is 33.6 Å². The largest absolute Gasteiger partial charge is 0.336 e. The monoisotopic (exact) mass is 329 g/mol. The van der Waals surface area contributed by atoms with Crippen molar-refractivity contribution in [3.8, 4) is 6.07 Å². The summed E-state index contributed by atoms with van der Waals surface area (Å²) in [4.78, 5) is 17.0. The number of carbonyl (C=O) groups excluding carboxylic acids is 1. The van der Waals surface area contributed by atoms with Gasteiger partial charge >= 0.3 is 0 Å². The second kappa shape index (κ2) is 7.35. The van der Waals surface area contributed by atoms with Crippen LogP contribution in [0.5, 0.6) is 0 Å². The molecule has 1 aliphatic heterocycles. The number of fused-ring (bicyclic) bond motifs is 1. The van der Waals surface area contributed by atoms with Gasteiger partial charge in [-0.25, -0.2) is 4.98 Å². The highest BCUT2D eigenvalue weighted by molar-refractivity contribution is 5.82. The van der Waals surface area contributed by atoms with E-state index in [-0.39, 0.29) is 11.9 Å². The Hall–Kier alpha value is -1.87. The van der Waals surface area contributed by atoms with Crippen molar-refractivity contribution in [3.63, 3.8) is 0 Å². The van der Waals surface area contributed by atoms with Crippen molar-refractivity contribution >= 4 is 5.91 Å². The first-order chi connectivity index (χ1) is 11.6. The Bertz CT molecular complexity index is 611. The molecule has 1 saturated carbocycles. The maximum Gasteiger partial charge on any atom is 0.238 e. The Morgan fingerprint density at radius 1 is 1.46 bits per heavy atom. The Labute approximate surface area is 143 Å². The maximum absolute atomic E-state index is 12.5. The Kier molecular flexibility index (Phi) is 5.20. The van der Waals surface area contributed by atoms with Gasteiger partial charge in [-0.15, -0.1) is 0 Å². The van der Waals surface area contributed by atoms with Gasteiger partial charge in [0.1, 0.15) is 11.4 Å². The molecule has 130 valence electrons. The quantitative estimate of drug-likeness (QED) is 0.866. The number of aromatic nitrogens is 2. The van der Waals surface area contributed by atoms with E-state index in [4.69, 9.17) is 0 Å². The molecule has 1 aromatic heterocycles. The Balaban J connectivity index is 1.53. The van der Waals surface area contributed by atoms with Gasteiger partial charge in [0.25, 0.3) is 0 Å². The summed E-state index contributed by atoms with van der Waals surface area (Å²) in [6.07, 6.45) is 10.8. The van der Waals surface area contributed by atoms with Gasteiger partial charge in [0, 0.05) is 31.4 Å². The molecule has 2 atom stereocenters. The highest BCUT2D eigenvalue weighted by atomic mass is 16.2. The Morgan fingerprint density at radius 3 is 3.00 bits per heavy atom. The highest BCUT2D eigenvalue weighted by Crippen LogP contribution is 2.28. The summed E-state index contributed by atoms with van der Waals surface area (Å²) in [6.45, 7) is 3.65. The van der Waals surface area contributed by atoms with Gasteiger partial charge in [0.15, 0.2) is 0 Å². The number of nitriles is 1. The summed E-state index contributed by atoms with van der Waals surface area (Å²) >= 11 is 0. The molecule has 0 spiro atoms. The highest BCUT2D eigenvalue weighted by Gasteiger charge is 2.34. The number of hydrogen-bond donors (Lipinski definition) is 2. The van der Waals surface area contributed by atoms with Crippen molar-refractivity contribution in [2.24, 2.45) is 0 Å². The molecule has 2 aliphatic rings. The summed E-state index contributed by atoms with van der Waals surface area (Å²) in [5.41, 5.74) is -0.660. The van der Waals surface area contributed by atoms with Crippen LogP contribution in [0.15, 0.2) is 12.4 Å². The van der Waals surface area contributed by atoms with Crippen LogP contribution in [0.25, 0.3) is 0 Å². The van der Waals surface area contributed by atoms with Crippen LogP contribution in [-0.2, 0) is 11.3 Å². The average Bonchev–Trinajstić information content (AvgIpc) is 3.09. The van der Waals surface area contributed by atoms with Gasteiger partial charge in [-0.2, -0.15) is 5.26 Å². The normalized spacial score (nSPS) is 23.8. The van der Waals surface area contributed by atoms with Gasteiger partial charge in [0.2, 0.25) is 5.91 Å². The lowest BCUT2D eigenvalue weighted by molar-refractivity contribution is -0.124. The van der Waals surface area contributed by atoms with Gasteiger partial charge in [0.05, 0.1) is 12.1 Å². The fraction of sp³-hybridized carbons (Fsp3) is 0.722. The summed E-state index contributed by atoms with van der Waals surface area (Å²) < 4.78 is 2.20.